The second-order valence-electron chi connectivity index (χ2n) is 3.20. The molecule has 2 aromatic rings. The molecule has 2 rings (SSSR count). The molecule has 0 radical (unpaired) electrons. The highest BCUT2D eigenvalue weighted by atomic mass is 35.5. The number of benzene rings is 1. The minimum Gasteiger partial charge on any atom is -0.483 e. The molecule has 0 atom stereocenters. The molecule has 17 heavy (non-hydrogen) atoms. The van der Waals surface area contributed by atoms with Crippen molar-refractivity contribution in [3.8, 4) is 17.1 Å². The van der Waals surface area contributed by atoms with Crippen molar-refractivity contribution in [1.29, 1.82) is 0 Å². The molecular formula is C12H9ClN2O2. The highest BCUT2D eigenvalue weighted by Crippen LogP contribution is 2.24. The topological polar surface area (TPSA) is 52.1 Å². The fourth-order valence-electron chi connectivity index (χ4n) is 1.30. The summed E-state index contributed by atoms with van der Waals surface area (Å²) in [6.07, 6.45) is 3.69. The van der Waals surface area contributed by atoms with Crippen molar-refractivity contribution in [2.75, 3.05) is 6.61 Å². The number of halogens is 1. The van der Waals surface area contributed by atoms with E-state index in [1.165, 1.54) is 12.4 Å². The van der Waals surface area contributed by atoms with Crippen molar-refractivity contribution in [2.45, 2.75) is 0 Å². The average molecular weight is 249 g/mol. The van der Waals surface area contributed by atoms with Crippen LogP contribution in [0.15, 0.2) is 36.7 Å². The van der Waals surface area contributed by atoms with Crippen LogP contribution in [0.5, 0.6) is 5.75 Å². The normalized spacial score (nSPS) is 9.94. The van der Waals surface area contributed by atoms with Crippen LogP contribution in [-0.2, 0) is 4.79 Å². The Morgan fingerprint density at radius 1 is 1.24 bits per heavy atom. The summed E-state index contributed by atoms with van der Waals surface area (Å²) in [4.78, 5) is 18.4. The minimum atomic E-state index is -0.00516. The molecule has 1 heterocycles. The van der Waals surface area contributed by atoms with E-state index >= 15 is 0 Å². The molecule has 5 heteroatoms. The van der Waals surface area contributed by atoms with Crippen LogP contribution in [0.25, 0.3) is 11.4 Å². The Morgan fingerprint density at radius 2 is 1.94 bits per heavy atom. The van der Waals surface area contributed by atoms with E-state index in [0.29, 0.717) is 22.9 Å². The Hall–Kier alpha value is -1.94. The molecule has 0 fully saturated rings. The van der Waals surface area contributed by atoms with Gasteiger partial charge in [0.05, 0.1) is 17.4 Å². The quantitative estimate of drug-likeness (QED) is 0.780. The maximum absolute atomic E-state index is 10.1. The molecule has 86 valence electrons. The third-order valence-corrected chi connectivity index (χ3v) is 2.39. The van der Waals surface area contributed by atoms with Gasteiger partial charge in [-0.3, -0.25) is 4.79 Å². The largest absolute Gasteiger partial charge is 0.483 e. The summed E-state index contributed by atoms with van der Waals surface area (Å²) in [6, 6.07) is 7.31. The second-order valence-corrected chi connectivity index (χ2v) is 3.61. The SMILES string of the molecule is O=CCOc1cnc(-c2ccccc2Cl)nc1. The van der Waals surface area contributed by atoms with Crippen LogP contribution in [0.3, 0.4) is 0 Å². The van der Waals surface area contributed by atoms with E-state index in [9.17, 15) is 4.79 Å². The molecule has 0 saturated heterocycles. The Balaban J connectivity index is 2.23. The van der Waals surface area contributed by atoms with Crippen molar-refractivity contribution >= 4 is 17.9 Å². The van der Waals surface area contributed by atoms with E-state index in [0.717, 1.165) is 5.56 Å². The van der Waals surface area contributed by atoms with Gasteiger partial charge in [-0.2, -0.15) is 0 Å². The molecule has 4 nitrogen and oxygen atoms in total. The summed E-state index contributed by atoms with van der Waals surface area (Å²) in [5, 5.41) is 0.592. The standard InChI is InChI=1S/C12H9ClN2O2/c13-11-4-2-1-3-10(11)12-14-7-9(8-15-12)17-6-5-16/h1-5,7-8H,6H2. The number of carbonyl (C=O) groups excluding carboxylic acids is 1. The smallest absolute Gasteiger partial charge is 0.160 e. The van der Waals surface area contributed by atoms with Gasteiger partial charge < -0.3 is 4.74 Å². The predicted molar refractivity (Wildman–Crippen MR) is 64.0 cm³/mol. The molecule has 0 aliphatic heterocycles. The van der Waals surface area contributed by atoms with Crippen molar-refractivity contribution in [3.05, 3.63) is 41.7 Å². The summed E-state index contributed by atoms with van der Waals surface area (Å²) >= 11 is 6.02. The second kappa shape index (κ2) is 5.41. The molecule has 1 aromatic heterocycles. The zero-order chi connectivity index (χ0) is 12.1. The van der Waals surface area contributed by atoms with Crippen LogP contribution in [-0.4, -0.2) is 22.9 Å². The van der Waals surface area contributed by atoms with Gasteiger partial charge in [-0.1, -0.05) is 23.7 Å². The highest BCUT2D eigenvalue weighted by Gasteiger charge is 2.05. The molecular weight excluding hydrogens is 240 g/mol. The van der Waals surface area contributed by atoms with Gasteiger partial charge in [-0.25, -0.2) is 9.97 Å². The number of aldehydes is 1. The summed E-state index contributed by atoms with van der Waals surface area (Å²) < 4.78 is 5.05. The first-order chi connectivity index (χ1) is 8.31. The van der Waals surface area contributed by atoms with Crippen LogP contribution in [0, 0.1) is 0 Å². The Labute approximate surface area is 103 Å². The maximum Gasteiger partial charge on any atom is 0.160 e. The third-order valence-electron chi connectivity index (χ3n) is 2.06. The zero-order valence-corrected chi connectivity index (χ0v) is 9.59. The van der Waals surface area contributed by atoms with Crippen molar-refractivity contribution < 1.29 is 9.53 Å². The number of nitrogens with zero attached hydrogens (tertiary/aromatic N) is 2. The molecule has 0 saturated carbocycles. The van der Waals surface area contributed by atoms with Crippen LogP contribution >= 0.6 is 11.6 Å². The third kappa shape index (κ3) is 2.79. The van der Waals surface area contributed by atoms with Gasteiger partial charge in [0, 0.05) is 5.56 Å². The van der Waals surface area contributed by atoms with Gasteiger partial charge in [0.25, 0.3) is 0 Å². The van der Waals surface area contributed by atoms with Gasteiger partial charge in [0.15, 0.2) is 17.9 Å². The lowest BCUT2D eigenvalue weighted by Crippen LogP contribution is -1.99. The van der Waals surface area contributed by atoms with E-state index in [2.05, 4.69) is 9.97 Å². The lowest BCUT2D eigenvalue weighted by Gasteiger charge is -2.04. The molecule has 0 amide bonds. The molecule has 1 aromatic carbocycles. The van der Waals surface area contributed by atoms with Crippen molar-refractivity contribution in [3.63, 3.8) is 0 Å². The Bertz CT molecular complexity index is 514. The summed E-state index contributed by atoms with van der Waals surface area (Å²) in [5.74, 6) is 0.974. The number of hydrogen-bond donors (Lipinski definition) is 0. The monoisotopic (exact) mass is 248 g/mol. The first-order valence-corrected chi connectivity index (χ1v) is 5.32. The van der Waals surface area contributed by atoms with Gasteiger partial charge in [-0.05, 0) is 12.1 Å². The lowest BCUT2D eigenvalue weighted by atomic mass is 10.2. The average Bonchev–Trinajstić information content (AvgIpc) is 2.38. The summed E-state index contributed by atoms with van der Waals surface area (Å²) in [6.45, 7) is -0.00516. The van der Waals surface area contributed by atoms with Gasteiger partial charge in [0.2, 0.25) is 0 Å². The number of ether oxygens (including phenoxy) is 1. The van der Waals surface area contributed by atoms with E-state index in [1.807, 2.05) is 18.2 Å². The number of aromatic nitrogens is 2. The zero-order valence-electron chi connectivity index (χ0n) is 8.84. The predicted octanol–water partition coefficient (Wildman–Crippen LogP) is 2.37. The molecule has 0 spiro atoms. The Kier molecular flexibility index (Phi) is 3.67. The van der Waals surface area contributed by atoms with Gasteiger partial charge in [-0.15, -0.1) is 0 Å². The van der Waals surface area contributed by atoms with E-state index in [1.54, 1.807) is 6.07 Å². The lowest BCUT2D eigenvalue weighted by molar-refractivity contribution is -0.109. The van der Waals surface area contributed by atoms with Crippen molar-refractivity contribution in [1.82, 2.24) is 9.97 Å². The highest BCUT2D eigenvalue weighted by molar-refractivity contribution is 6.33. The van der Waals surface area contributed by atoms with Crippen molar-refractivity contribution in [2.24, 2.45) is 0 Å². The van der Waals surface area contributed by atoms with Crippen LogP contribution in [0.4, 0.5) is 0 Å². The van der Waals surface area contributed by atoms with E-state index in [4.69, 9.17) is 16.3 Å². The molecule has 0 unspecified atom stereocenters. The summed E-state index contributed by atoms with van der Waals surface area (Å²) in [5.41, 5.74) is 0.760. The van der Waals surface area contributed by atoms with Gasteiger partial charge >= 0.3 is 0 Å². The fourth-order valence-corrected chi connectivity index (χ4v) is 1.52. The summed E-state index contributed by atoms with van der Waals surface area (Å²) in [7, 11) is 0. The van der Waals surface area contributed by atoms with E-state index in [-0.39, 0.29) is 6.61 Å². The first kappa shape index (κ1) is 11.5. The van der Waals surface area contributed by atoms with E-state index < -0.39 is 0 Å². The number of carbonyl (C=O) groups is 1. The molecule has 0 aliphatic carbocycles. The van der Waals surface area contributed by atoms with Crippen LogP contribution in [0.2, 0.25) is 5.02 Å². The maximum atomic E-state index is 10.1. The first-order valence-electron chi connectivity index (χ1n) is 4.94. The molecule has 0 aliphatic rings. The fraction of sp³-hybridized carbons (Fsp3) is 0.0833. The van der Waals surface area contributed by atoms with Crippen LogP contribution in [0.1, 0.15) is 0 Å². The Morgan fingerprint density at radius 3 is 2.59 bits per heavy atom. The number of hydrogen-bond acceptors (Lipinski definition) is 4. The minimum absolute atomic E-state index is 0.00516. The van der Waals surface area contributed by atoms with Gasteiger partial charge in [0.1, 0.15) is 6.61 Å². The van der Waals surface area contributed by atoms with Crippen LogP contribution < -0.4 is 4.74 Å². The number of rotatable bonds is 4. The molecule has 0 N–H and O–H groups in total. The molecule has 0 bridgehead atoms.